The number of ether oxygens (including phenoxy) is 1. The number of carbonyl (C=O) groups is 3. The molecular formula is C33H42N6O5S2. The average Bonchev–Trinajstić information content (AvgIpc) is 3.77. The van der Waals surface area contributed by atoms with Crippen LogP contribution in [-0.4, -0.2) is 76.8 Å². The van der Waals surface area contributed by atoms with Gasteiger partial charge in [-0.15, -0.1) is 23.1 Å². The van der Waals surface area contributed by atoms with Crippen LogP contribution in [0.15, 0.2) is 83.5 Å². The highest BCUT2D eigenvalue weighted by molar-refractivity contribution is 8.03. The van der Waals surface area contributed by atoms with Crippen molar-refractivity contribution in [1.82, 2.24) is 31.2 Å². The summed E-state index contributed by atoms with van der Waals surface area (Å²) in [6.07, 6.45) is 4.07. The highest BCUT2D eigenvalue weighted by atomic mass is 32.2. The highest BCUT2D eigenvalue weighted by Gasteiger charge is 2.29. The summed E-state index contributed by atoms with van der Waals surface area (Å²) >= 11 is 3.02. The van der Waals surface area contributed by atoms with Crippen LogP contribution in [-0.2, 0) is 28.9 Å². The molecule has 1 aromatic heterocycles. The maximum absolute atomic E-state index is 13.6. The van der Waals surface area contributed by atoms with Crippen molar-refractivity contribution in [1.29, 1.82) is 0 Å². The van der Waals surface area contributed by atoms with Crippen molar-refractivity contribution in [2.75, 3.05) is 19.5 Å². The minimum absolute atomic E-state index is 0.195. The van der Waals surface area contributed by atoms with Gasteiger partial charge >= 0.3 is 12.1 Å². The molecule has 0 saturated heterocycles. The molecule has 4 atom stereocenters. The first-order valence-corrected chi connectivity index (χ1v) is 17.1. The average molecular weight is 667 g/mol. The van der Waals surface area contributed by atoms with E-state index in [-0.39, 0.29) is 18.7 Å². The maximum atomic E-state index is 13.6. The van der Waals surface area contributed by atoms with E-state index in [4.69, 9.17) is 4.74 Å². The molecule has 0 aliphatic carbocycles. The lowest BCUT2D eigenvalue weighted by molar-refractivity contribution is -0.126. The number of thiazole rings is 1. The topological polar surface area (TPSA) is 145 Å². The molecule has 0 fully saturated rings. The van der Waals surface area contributed by atoms with E-state index in [1.807, 2.05) is 66.9 Å². The Morgan fingerprint density at radius 1 is 0.978 bits per heavy atom. The van der Waals surface area contributed by atoms with Gasteiger partial charge < -0.3 is 36.0 Å². The Balaban J connectivity index is 1.42. The van der Waals surface area contributed by atoms with Gasteiger partial charge in [0.1, 0.15) is 12.6 Å². The number of hydrogen-bond acceptors (Lipinski definition) is 9. The first kappa shape index (κ1) is 34.8. The summed E-state index contributed by atoms with van der Waals surface area (Å²) in [5.74, 6) is 0.271. The van der Waals surface area contributed by atoms with Crippen LogP contribution in [0.5, 0.6) is 0 Å². The zero-order valence-electron chi connectivity index (χ0n) is 26.1. The molecule has 5 N–H and O–H groups in total. The molecule has 1 aliphatic heterocycles. The zero-order chi connectivity index (χ0) is 32.7. The largest absolute Gasteiger partial charge is 0.444 e. The van der Waals surface area contributed by atoms with Crippen molar-refractivity contribution in [3.8, 4) is 0 Å². The van der Waals surface area contributed by atoms with Crippen LogP contribution < -0.4 is 21.3 Å². The smallest absolute Gasteiger partial charge is 0.407 e. The summed E-state index contributed by atoms with van der Waals surface area (Å²) in [4.78, 5) is 46.6. The van der Waals surface area contributed by atoms with Crippen molar-refractivity contribution in [2.45, 2.75) is 63.4 Å². The Bertz CT molecular complexity index is 1410. The van der Waals surface area contributed by atoms with Crippen LogP contribution in [0.1, 0.15) is 35.8 Å². The Morgan fingerprint density at radius 2 is 1.61 bits per heavy atom. The molecule has 1 unspecified atom stereocenters. The first-order chi connectivity index (χ1) is 22.3. The van der Waals surface area contributed by atoms with E-state index < -0.39 is 30.2 Å². The summed E-state index contributed by atoms with van der Waals surface area (Å²) in [7, 11) is 1.62. The number of nitrogens with zero attached hydrogens (tertiary/aromatic N) is 2. The van der Waals surface area contributed by atoms with Gasteiger partial charge in [0.2, 0.25) is 5.91 Å². The number of carbonyl (C=O) groups excluding carboxylic acids is 3. The summed E-state index contributed by atoms with van der Waals surface area (Å²) in [6, 6.07) is 17.4. The number of thioether (sulfide) groups is 1. The number of nitrogens with one attached hydrogen (secondary N) is 4. The summed E-state index contributed by atoms with van der Waals surface area (Å²) in [5, 5.41) is 22.4. The van der Waals surface area contributed by atoms with E-state index >= 15 is 0 Å². The lowest BCUT2D eigenvalue weighted by Gasteiger charge is -2.28. The molecule has 1 aliphatic rings. The van der Waals surface area contributed by atoms with Gasteiger partial charge in [0, 0.05) is 41.3 Å². The Hall–Kier alpha value is -4.07. The van der Waals surface area contributed by atoms with Crippen LogP contribution in [0.4, 0.5) is 9.59 Å². The van der Waals surface area contributed by atoms with Crippen LogP contribution >= 0.6 is 23.1 Å². The molecule has 2 aromatic carbocycles. The second-order valence-corrected chi connectivity index (χ2v) is 13.2. The maximum Gasteiger partial charge on any atom is 0.407 e. The predicted molar refractivity (Wildman–Crippen MR) is 181 cm³/mol. The number of hydrogen-bond donors (Lipinski definition) is 5. The van der Waals surface area contributed by atoms with Gasteiger partial charge in [-0.25, -0.2) is 9.59 Å². The number of aliphatic hydroxyl groups excluding tert-OH is 1. The van der Waals surface area contributed by atoms with Crippen LogP contribution in [0, 0.1) is 0 Å². The van der Waals surface area contributed by atoms with Crippen molar-refractivity contribution in [3.63, 3.8) is 0 Å². The van der Waals surface area contributed by atoms with E-state index in [2.05, 4.69) is 26.3 Å². The number of aliphatic hydroxyl groups is 1. The molecule has 0 spiro atoms. The molecule has 246 valence electrons. The van der Waals surface area contributed by atoms with E-state index in [1.165, 1.54) is 23.2 Å². The minimum Gasteiger partial charge on any atom is -0.444 e. The predicted octanol–water partition coefficient (Wildman–Crippen LogP) is 4.01. The lowest BCUT2D eigenvalue weighted by Crippen LogP contribution is -2.56. The quantitative estimate of drug-likeness (QED) is 0.154. The molecule has 46 heavy (non-hydrogen) atoms. The van der Waals surface area contributed by atoms with Gasteiger partial charge in [-0.1, -0.05) is 60.7 Å². The minimum atomic E-state index is -1.17. The zero-order valence-corrected chi connectivity index (χ0v) is 27.7. The van der Waals surface area contributed by atoms with E-state index in [0.29, 0.717) is 32.2 Å². The normalized spacial score (nSPS) is 15.0. The van der Waals surface area contributed by atoms with E-state index in [0.717, 1.165) is 26.8 Å². The fourth-order valence-electron chi connectivity index (χ4n) is 4.98. The SMILES string of the molecule is CC(O)[C@H](NC(=O)N(C)Cc1cncs1)C(=O)N[C@H](CC[C@H](Cc1ccccc1)NC(=O)OCC1=CNCS1)Cc1ccccc1. The molecule has 13 heteroatoms. The molecule has 0 bridgehead atoms. The second-order valence-electron chi connectivity index (χ2n) is 11.2. The standard InChI is InChI=1S/C33H42N6O5S2/c1-23(40)30(38-32(42)39(2)19-28-17-34-21-45-28)31(41)36-26(15-24-9-5-3-6-10-24)13-14-27(16-25-11-7-4-8-12-25)37-33(43)44-20-29-18-35-22-46-29/h3-12,17-18,21,23,26-27,30,35,40H,13-16,19-20,22H2,1-2H3,(H,36,41)(H,37,43)(H,38,42)/t23?,26-,27-,30+/m1/s1. The number of benzene rings is 2. The third kappa shape index (κ3) is 11.7. The van der Waals surface area contributed by atoms with Crippen LogP contribution in [0.25, 0.3) is 0 Å². The third-order valence-electron chi connectivity index (χ3n) is 7.40. The van der Waals surface area contributed by atoms with Crippen molar-refractivity contribution in [3.05, 3.63) is 99.5 Å². The van der Waals surface area contributed by atoms with Crippen molar-refractivity contribution in [2.24, 2.45) is 0 Å². The molecule has 0 saturated carbocycles. The lowest BCUT2D eigenvalue weighted by atomic mass is 9.95. The number of alkyl carbamates (subject to hydrolysis) is 1. The first-order valence-electron chi connectivity index (χ1n) is 15.2. The van der Waals surface area contributed by atoms with Crippen LogP contribution in [0.2, 0.25) is 0 Å². The second kappa shape index (κ2) is 18.2. The van der Waals surface area contributed by atoms with Crippen molar-refractivity contribution >= 4 is 41.1 Å². The number of aromatic nitrogens is 1. The summed E-state index contributed by atoms with van der Waals surface area (Å²) < 4.78 is 5.48. The Labute approximate surface area is 278 Å². The molecule has 4 amide bonds. The molecule has 0 radical (unpaired) electrons. The van der Waals surface area contributed by atoms with Gasteiger partial charge in [-0.3, -0.25) is 9.78 Å². The van der Waals surface area contributed by atoms with E-state index in [9.17, 15) is 19.5 Å². The fourth-order valence-corrected chi connectivity index (χ4v) is 6.28. The third-order valence-corrected chi connectivity index (χ3v) is 9.08. The van der Waals surface area contributed by atoms with Crippen molar-refractivity contribution < 1.29 is 24.2 Å². The van der Waals surface area contributed by atoms with Gasteiger partial charge in [0.15, 0.2) is 0 Å². The number of amides is 4. The number of rotatable bonds is 16. The molecule has 11 nitrogen and oxygen atoms in total. The van der Waals surface area contributed by atoms with Gasteiger partial charge in [-0.2, -0.15) is 0 Å². The van der Waals surface area contributed by atoms with Gasteiger partial charge in [0.25, 0.3) is 0 Å². The highest BCUT2D eigenvalue weighted by Crippen LogP contribution is 2.19. The van der Waals surface area contributed by atoms with E-state index in [1.54, 1.807) is 30.5 Å². The van der Waals surface area contributed by atoms with Crippen LogP contribution in [0.3, 0.4) is 0 Å². The summed E-state index contributed by atoms with van der Waals surface area (Å²) in [5.41, 5.74) is 3.78. The summed E-state index contributed by atoms with van der Waals surface area (Å²) in [6.45, 7) is 1.99. The molecular weight excluding hydrogens is 625 g/mol. The fraction of sp³-hybridized carbons (Fsp3) is 0.394. The number of urea groups is 1. The Morgan fingerprint density at radius 3 is 2.15 bits per heavy atom. The molecule has 2 heterocycles. The monoisotopic (exact) mass is 666 g/mol. The van der Waals surface area contributed by atoms with Gasteiger partial charge in [-0.05, 0) is 43.7 Å². The molecule has 4 rings (SSSR count). The molecule has 3 aromatic rings. The Kier molecular flexibility index (Phi) is 13.7. The van der Waals surface area contributed by atoms with Gasteiger partial charge in [0.05, 0.1) is 24.0 Å².